The molecule has 0 aromatic rings. The maximum Gasteiger partial charge on any atom is 0.0107 e. The van der Waals surface area contributed by atoms with Crippen LogP contribution in [0.3, 0.4) is 0 Å². The van der Waals surface area contributed by atoms with Crippen LogP contribution in [0.1, 0.15) is 54.4 Å². The lowest BCUT2D eigenvalue weighted by Crippen LogP contribution is -2.43. The van der Waals surface area contributed by atoms with E-state index in [4.69, 9.17) is 0 Å². The number of hydrogen-bond donors (Lipinski definition) is 2. The van der Waals surface area contributed by atoms with Gasteiger partial charge in [0.15, 0.2) is 0 Å². The van der Waals surface area contributed by atoms with Crippen molar-refractivity contribution in [3.8, 4) is 0 Å². The SMILES string of the molecule is CC.CC.CCCCNC.CCN1CCNCC1. The van der Waals surface area contributed by atoms with Crippen LogP contribution in [0.25, 0.3) is 0 Å². The van der Waals surface area contributed by atoms with Crippen LogP contribution >= 0.6 is 0 Å². The molecule has 0 atom stereocenters. The zero-order chi connectivity index (χ0) is 14.6. The molecule has 1 fully saturated rings. The molecule has 3 heteroatoms. The summed E-state index contributed by atoms with van der Waals surface area (Å²) in [6.45, 7) is 19.6. The Kier molecular flexibility index (Phi) is 32.8. The molecule has 0 amide bonds. The summed E-state index contributed by atoms with van der Waals surface area (Å²) in [6.07, 6.45) is 2.59. The second kappa shape index (κ2) is 25.7. The number of piperazine rings is 1. The van der Waals surface area contributed by atoms with Gasteiger partial charge in [-0.2, -0.15) is 0 Å². The Morgan fingerprint density at radius 3 is 1.72 bits per heavy atom. The molecule has 0 unspecified atom stereocenters. The molecule has 0 spiro atoms. The van der Waals surface area contributed by atoms with Gasteiger partial charge < -0.3 is 15.5 Å². The van der Waals surface area contributed by atoms with Crippen molar-refractivity contribution in [1.82, 2.24) is 15.5 Å². The molecule has 1 rings (SSSR count). The molecule has 18 heavy (non-hydrogen) atoms. The molecule has 3 nitrogen and oxygen atoms in total. The van der Waals surface area contributed by atoms with Crippen molar-refractivity contribution in [1.29, 1.82) is 0 Å². The van der Waals surface area contributed by atoms with Gasteiger partial charge in [0.2, 0.25) is 0 Å². The predicted molar refractivity (Wildman–Crippen MR) is 86.5 cm³/mol. The van der Waals surface area contributed by atoms with Crippen molar-refractivity contribution in [2.45, 2.75) is 54.4 Å². The molecule has 1 aliphatic heterocycles. The van der Waals surface area contributed by atoms with E-state index in [9.17, 15) is 0 Å². The number of nitrogens with zero attached hydrogens (tertiary/aromatic N) is 1. The number of nitrogens with one attached hydrogen (secondary N) is 2. The van der Waals surface area contributed by atoms with Crippen LogP contribution in [0.2, 0.25) is 0 Å². The molecule has 0 radical (unpaired) electrons. The highest BCUT2D eigenvalue weighted by Gasteiger charge is 2.04. The Labute approximate surface area is 117 Å². The minimum atomic E-state index is 1.16. The molecular formula is C15H39N3. The summed E-state index contributed by atoms with van der Waals surface area (Å²) < 4.78 is 0. The van der Waals surface area contributed by atoms with E-state index in [1.165, 1.54) is 45.6 Å². The molecular weight excluding hydrogens is 222 g/mol. The fourth-order valence-electron chi connectivity index (χ4n) is 1.38. The van der Waals surface area contributed by atoms with Gasteiger partial charge in [-0.15, -0.1) is 0 Å². The summed E-state index contributed by atoms with van der Waals surface area (Å²) in [5.41, 5.74) is 0. The van der Waals surface area contributed by atoms with E-state index < -0.39 is 0 Å². The number of rotatable bonds is 4. The molecule has 1 heterocycles. The molecule has 2 N–H and O–H groups in total. The van der Waals surface area contributed by atoms with Gasteiger partial charge in [0.25, 0.3) is 0 Å². The lowest BCUT2D eigenvalue weighted by atomic mass is 10.3. The Morgan fingerprint density at radius 2 is 1.50 bits per heavy atom. The van der Waals surface area contributed by atoms with Gasteiger partial charge in [0.1, 0.15) is 0 Å². The summed E-state index contributed by atoms with van der Waals surface area (Å²) in [7, 11) is 1.98. The third-order valence-electron chi connectivity index (χ3n) is 2.44. The molecule has 1 saturated heterocycles. The smallest absolute Gasteiger partial charge is 0.0107 e. The molecule has 1 aliphatic rings. The quantitative estimate of drug-likeness (QED) is 0.762. The minimum absolute atomic E-state index is 1.16. The Balaban J connectivity index is -0.000000201. The van der Waals surface area contributed by atoms with E-state index in [0.29, 0.717) is 0 Å². The van der Waals surface area contributed by atoms with E-state index in [1.807, 2.05) is 34.7 Å². The third kappa shape index (κ3) is 21.2. The molecule has 0 aromatic heterocycles. The number of likely N-dealkylation sites (N-methyl/N-ethyl adjacent to an activating group) is 1. The maximum absolute atomic E-state index is 3.31. The molecule has 114 valence electrons. The van der Waals surface area contributed by atoms with Crippen molar-refractivity contribution in [2.75, 3.05) is 46.3 Å². The van der Waals surface area contributed by atoms with E-state index in [-0.39, 0.29) is 0 Å². The Morgan fingerprint density at radius 1 is 1.00 bits per heavy atom. The van der Waals surface area contributed by atoms with Crippen LogP contribution in [0.4, 0.5) is 0 Å². The first-order chi connectivity index (χ1) is 8.85. The van der Waals surface area contributed by atoms with Gasteiger partial charge in [-0.3, -0.25) is 0 Å². The van der Waals surface area contributed by atoms with Gasteiger partial charge in [-0.1, -0.05) is 48.0 Å². The van der Waals surface area contributed by atoms with Crippen LogP contribution in [0.5, 0.6) is 0 Å². The summed E-state index contributed by atoms with van der Waals surface area (Å²) >= 11 is 0. The minimum Gasteiger partial charge on any atom is -0.320 e. The first kappa shape index (κ1) is 23.0. The van der Waals surface area contributed by atoms with Gasteiger partial charge in [0, 0.05) is 26.2 Å². The zero-order valence-corrected chi connectivity index (χ0v) is 14.1. The highest BCUT2D eigenvalue weighted by Crippen LogP contribution is 1.88. The van der Waals surface area contributed by atoms with Crippen molar-refractivity contribution >= 4 is 0 Å². The topological polar surface area (TPSA) is 27.3 Å². The van der Waals surface area contributed by atoms with Gasteiger partial charge in [-0.25, -0.2) is 0 Å². The van der Waals surface area contributed by atoms with Crippen molar-refractivity contribution < 1.29 is 0 Å². The lowest BCUT2D eigenvalue weighted by molar-refractivity contribution is 0.253. The van der Waals surface area contributed by atoms with Crippen LogP contribution in [-0.2, 0) is 0 Å². The summed E-state index contributed by atoms with van der Waals surface area (Å²) in [4.78, 5) is 2.45. The average molecular weight is 261 g/mol. The van der Waals surface area contributed by atoms with Crippen molar-refractivity contribution in [3.05, 3.63) is 0 Å². The number of unbranched alkanes of at least 4 members (excludes halogenated alkanes) is 1. The molecule has 0 aromatic carbocycles. The van der Waals surface area contributed by atoms with Crippen LogP contribution in [-0.4, -0.2) is 51.2 Å². The maximum atomic E-state index is 3.31. The molecule has 0 aliphatic carbocycles. The van der Waals surface area contributed by atoms with E-state index in [0.717, 1.165) is 6.54 Å². The highest BCUT2D eigenvalue weighted by atomic mass is 15.2. The van der Waals surface area contributed by atoms with Gasteiger partial charge >= 0.3 is 0 Å². The highest BCUT2D eigenvalue weighted by molar-refractivity contribution is 4.64. The first-order valence-electron chi connectivity index (χ1n) is 7.92. The fraction of sp³-hybridized carbons (Fsp3) is 1.00. The summed E-state index contributed by atoms with van der Waals surface area (Å²) in [6, 6.07) is 0. The van der Waals surface area contributed by atoms with Crippen LogP contribution in [0.15, 0.2) is 0 Å². The molecule has 0 saturated carbocycles. The normalized spacial score (nSPS) is 14.2. The second-order valence-electron chi connectivity index (χ2n) is 3.64. The van der Waals surface area contributed by atoms with Crippen LogP contribution in [0, 0.1) is 0 Å². The molecule has 0 bridgehead atoms. The van der Waals surface area contributed by atoms with Crippen LogP contribution < -0.4 is 10.6 Å². The Hall–Kier alpha value is -0.120. The van der Waals surface area contributed by atoms with Gasteiger partial charge in [-0.05, 0) is 26.6 Å². The first-order valence-corrected chi connectivity index (χ1v) is 7.92. The third-order valence-corrected chi connectivity index (χ3v) is 2.44. The standard InChI is InChI=1S/C6H14N2.C5H13N.2C2H6/c1-2-8-5-3-7-4-6-8;1-3-4-5-6-2;2*1-2/h7H,2-6H2,1H3;6H,3-5H2,1-2H3;2*1-2H3. The van der Waals surface area contributed by atoms with Crippen molar-refractivity contribution in [3.63, 3.8) is 0 Å². The summed E-state index contributed by atoms with van der Waals surface area (Å²) in [5, 5.41) is 6.38. The lowest BCUT2D eigenvalue weighted by Gasteiger charge is -2.25. The van der Waals surface area contributed by atoms with E-state index in [2.05, 4.69) is 29.4 Å². The zero-order valence-electron chi connectivity index (χ0n) is 14.1. The predicted octanol–water partition coefficient (Wildman–Crippen LogP) is 2.97. The summed E-state index contributed by atoms with van der Waals surface area (Å²) in [5.74, 6) is 0. The Bertz CT molecular complexity index is 97.9. The number of hydrogen-bond acceptors (Lipinski definition) is 3. The second-order valence-corrected chi connectivity index (χ2v) is 3.64. The average Bonchev–Trinajstić information content (AvgIpc) is 2.50. The van der Waals surface area contributed by atoms with E-state index >= 15 is 0 Å². The fourth-order valence-corrected chi connectivity index (χ4v) is 1.38. The monoisotopic (exact) mass is 261 g/mol. The van der Waals surface area contributed by atoms with Gasteiger partial charge in [0.05, 0.1) is 0 Å². The largest absolute Gasteiger partial charge is 0.320 e. The van der Waals surface area contributed by atoms with Crippen molar-refractivity contribution in [2.24, 2.45) is 0 Å². The van der Waals surface area contributed by atoms with E-state index in [1.54, 1.807) is 0 Å².